The second kappa shape index (κ2) is 92.7. The topological polar surface area (TPSA) is 87.4 Å². The Morgan fingerprint density at radius 1 is 0.597 bits per heavy atom. The molecule has 0 fully saturated rings. The Kier molecular flexibility index (Phi) is 129. The third kappa shape index (κ3) is 144. The molecule has 0 bridgehead atoms. The van der Waals surface area contributed by atoms with Gasteiger partial charge in [-0.1, -0.05) is 254 Å². The van der Waals surface area contributed by atoms with Crippen LogP contribution in [0.25, 0.3) is 5.73 Å². The third-order valence-corrected chi connectivity index (χ3v) is 10.6. The van der Waals surface area contributed by atoms with Crippen LogP contribution in [0.1, 0.15) is 290 Å². The second-order valence-corrected chi connectivity index (χ2v) is 28.8. The number of unbranched alkanes of at least 4 members (excludes halogenated alkanes) is 24. The molecular formula is C54H113CaNO4Pb2. The minimum atomic E-state index is -0.806. The van der Waals surface area contributed by atoms with Gasteiger partial charge in [-0.2, -0.15) is 13.0 Å². The van der Waals surface area contributed by atoms with Crippen LogP contribution in [0, 0.1) is 19.8 Å². The van der Waals surface area contributed by atoms with Crippen LogP contribution in [0.3, 0.4) is 0 Å². The number of carboxylic acids is 1. The number of carbonyl (C=O) groups excluding carboxylic acids is 1. The van der Waals surface area contributed by atoms with Crippen molar-refractivity contribution in [1.29, 1.82) is 0 Å². The summed E-state index contributed by atoms with van der Waals surface area (Å²) in [6, 6.07) is 0. The first-order valence-electron chi connectivity index (χ1n) is 25.3. The van der Waals surface area contributed by atoms with Crippen molar-refractivity contribution >= 4 is 101 Å². The average molecular weight is 1290 g/mol. The largest absolute Gasteiger partial charge is 2.00 e. The van der Waals surface area contributed by atoms with E-state index in [1.54, 1.807) is 0 Å². The Balaban J connectivity index is -0.0000000647. The molecule has 0 aromatic rings. The van der Waals surface area contributed by atoms with Crippen molar-refractivity contribution in [2.75, 3.05) is 6.54 Å². The number of hydrogen-bond acceptors (Lipinski definition) is 3. The molecule has 0 atom stereocenters. The standard InChI is InChI=1S/C14H30.C12H26.C6H14.C5H8O3.C5H10.C4H9N.C3H6O.C3H8.C2H2.Ca.2Pb/c1-3-5-7-9-11-13-14-12-10-8-6-4-2;1-3-5-7-9-11-12-10-8-6-4-2;1-3-5-6-4-2;1-4(2)8-3-5(6)7;1-3-5-4-2;1-2-3-4-5;1-3(2)4;1-3-2;1-2;;;/h3-14H2,1-2H3;3-12H2,1-2H3;3-6H2,1-2H3;4H,1-2H3,(H,6,7);3,5H,4H2,1-2H3;5H,1-4H2;1-2H3;3H2,1-2H3;1-2H;;;/q;;;;;-2;;;;+2;;. The molecule has 2 N–H and O–H groups in total. The molecule has 5 nitrogen and oxygen atoms in total. The summed E-state index contributed by atoms with van der Waals surface area (Å²) in [4.78, 5) is 19.9. The van der Waals surface area contributed by atoms with Crippen molar-refractivity contribution in [2.45, 2.75) is 296 Å². The minimum absolute atomic E-state index is 0. The molecule has 6 radical (unpaired) electrons. The normalized spacial score (nSPS) is 9.50. The molecule has 0 saturated carbocycles. The first-order valence-corrected chi connectivity index (χ1v) is 29.2. The molecule has 0 aliphatic heterocycles. The Hall–Kier alpha value is 1.46. The fraction of sp³-hybridized carbons (Fsp3) is 0.870. The van der Waals surface area contributed by atoms with Crippen LogP contribution < -0.4 is 0 Å². The van der Waals surface area contributed by atoms with Gasteiger partial charge < -0.3 is 17.5 Å². The maximum atomic E-state index is 10.5. The van der Waals surface area contributed by atoms with Gasteiger partial charge in [0.25, 0.3) is 0 Å². The van der Waals surface area contributed by atoms with Crippen molar-refractivity contribution in [3.63, 3.8) is 0 Å². The first-order chi connectivity index (χ1) is 29.1. The molecule has 0 amide bonds. The van der Waals surface area contributed by atoms with Gasteiger partial charge >= 0.3 is 131 Å². The van der Waals surface area contributed by atoms with E-state index in [0.717, 1.165) is 19.3 Å². The fourth-order valence-electron chi connectivity index (χ4n) is 4.74. The number of nitrogens with one attached hydrogen (secondary N) is 1. The predicted molar refractivity (Wildman–Crippen MR) is 289 cm³/mol. The van der Waals surface area contributed by atoms with Gasteiger partial charge in [-0.25, -0.2) is 0 Å². The van der Waals surface area contributed by atoms with Gasteiger partial charge in [0.05, 0.1) is 0 Å². The minimum Gasteiger partial charge on any atom is -0.677 e. The van der Waals surface area contributed by atoms with Gasteiger partial charge in [0.15, 0.2) is 0 Å². The summed E-state index contributed by atoms with van der Waals surface area (Å²) in [7, 11) is 0. The summed E-state index contributed by atoms with van der Waals surface area (Å²) in [5.74, 6) is -0.639. The van der Waals surface area contributed by atoms with Crippen LogP contribution in [-0.4, -0.2) is 120 Å². The Bertz CT molecular complexity index is 717. The Morgan fingerprint density at radius 2 is 0.806 bits per heavy atom. The van der Waals surface area contributed by atoms with E-state index in [-0.39, 0.29) is 49.6 Å². The molecule has 62 heavy (non-hydrogen) atoms. The predicted octanol–water partition coefficient (Wildman–Crippen LogP) is 18.2. The summed E-state index contributed by atoms with van der Waals surface area (Å²) < 4.78 is 4.44. The number of carbonyl (C=O) groups is 2. The fourth-order valence-corrected chi connectivity index (χ4v) is 6.57. The summed E-state index contributed by atoms with van der Waals surface area (Å²) in [6.45, 7) is 32.9. The van der Waals surface area contributed by atoms with E-state index in [4.69, 9.17) is 15.6 Å². The summed E-state index contributed by atoms with van der Waals surface area (Å²) in [5.41, 5.74) is 6.56. The first kappa shape index (κ1) is 86.6. The van der Waals surface area contributed by atoms with Gasteiger partial charge in [0.2, 0.25) is 0 Å². The average Bonchev–Trinajstić information content (AvgIpc) is 3.21. The van der Waals surface area contributed by atoms with E-state index in [2.05, 4.69) is 94.2 Å². The maximum Gasteiger partial charge on any atom is 2.00 e. The smallest absolute Gasteiger partial charge is 0.677 e. The van der Waals surface area contributed by atoms with E-state index in [9.17, 15) is 9.59 Å². The molecule has 0 unspecified atom stereocenters. The van der Waals surface area contributed by atoms with Crippen LogP contribution >= 0.6 is 0 Å². The third-order valence-electron chi connectivity index (χ3n) is 7.98. The van der Waals surface area contributed by atoms with E-state index < -0.39 is 6.69 Å². The van der Waals surface area contributed by atoms with Gasteiger partial charge in [0.1, 0.15) is 5.78 Å². The van der Waals surface area contributed by atoms with E-state index in [1.807, 2.05) is 20.8 Å². The van der Waals surface area contributed by atoms with Gasteiger partial charge in [0, 0.05) is 0 Å². The van der Waals surface area contributed by atoms with Gasteiger partial charge in [-0.05, 0) is 27.2 Å². The number of ether oxygens (including phenoxy) is 1. The molecule has 0 aromatic carbocycles. The van der Waals surface area contributed by atoms with Crippen LogP contribution in [0.5, 0.6) is 0 Å². The number of hydrogen-bond donors (Lipinski definition) is 1. The van der Waals surface area contributed by atoms with Crippen LogP contribution in [0.15, 0.2) is 12.2 Å². The van der Waals surface area contributed by atoms with Crippen LogP contribution in [0.4, 0.5) is 0 Å². The molecule has 0 aromatic heterocycles. The number of terminal acetylenes is 1. The van der Waals surface area contributed by atoms with Crippen molar-refractivity contribution in [2.24, 2.45) is 0 Å². The monoisotopic (exact) mass is 1300 g/mol. The summed E-state index contributed by atoms with van der Waals surface area (Å²) in [6.07, 6.45) is 53.9. The Morgan fingerprint density at radius 3 is 0.887 bits per heavy atom. The number of carboxylic acid groups (broad SMARTS) is 1. The SMILES string of the molecule is C#C.CC(C)=O.CC(C)O[C]([Pb])([Pb])C(=O)O.CC=CCC.CCC.CCCCCC.CCCCCCCCCCCC.CCCCCCCCCCCCCC.[CH2-]CCC[NH-].[Ca+2]. The summed E-state index contributed by atoms with van der Waals surface area (Å²) >= 11 is 1.14. The van der Waals surface area contributed by atoms with E-state index in [0.29, 0.717) is 58.1 Å². The zero-order valence-electron chi connectivity index (χ0n) is 44.9. The quantitative estimate of drug-likeness (QED) is 0.0266. The summed E-state index contributed by atoms with van der Waals surface area (Å²) in [5, 5.41) is 8.63. The number of Topliss-reactive ketones (excluding diaryl/α,β-unsaturated/α-hetero) is 1. The number of ketones is 1. The van der Waals surface area contributed by atoms with Gasteiger partial charge in [-0.3, -0.25) is 0 Å². The Labute approximate surface area is 456 Å². The van der Waals surface area contributed by atoms with Crippen molar-refractivity contribution in [3.8, 4) is 12.8 Å². The van der Waals surface area contributed by atoms with Crippen molar-refractivity contribution in [3.05, 3.63) is 24.8 Å². The number of allylic oxidation sites excluding steroid dienone is 2. The molecular weight excluding hydrogens is 1180 g/mol. The zero-order valence-corrected chi connectivity index (χ0v) is 54.9. The molecule has 0 aliphatic carbocycles. The van der Waals surface area contributed by atoms with Crippen molar-refractivity contribution < 1.29 is 19.4 Å². The van der Waals surface area contributed by atoms with Crippen LogP contribution in [0.2, 0.25) is 0 Å². The van der Waals surface area contributed by atoms with Crippen molar-refractivity contribution in [1.82, 2.24) is 0 Å². The van der Waals surface area contributed by atoms with E-state index >= 15 is 0 Å². The number of rotatable bonds is 29. The molecule has 0 saturated heterocycles. The van der Waals surface area contributed by atoms with Gasteiger partial charge in [-0.15, -0.1) is 12.8 Å². The second-order valence-electron chi connectivity index (χ2n) is 15.8. The van der Waals surface area contributed by atoms with E-state index in [1.165, 1.54) is 187 Å². The molecule has 0 aliphatic rings. The van der Waals surface area contributed by atoms with Crippen LogP contribution in [-0.2, 0) is 14.3 Å². The zero-order chi connectivity index (χ0) is 49.3. The molecule has 0 rings (SSSR count). The maximum absolute atomic E-state index is 10.5. The molecule has 368 valence electrons. The number of aliphatic carboxylic acids is 1. The molecule has 8 heteroatoms. The molecule has 0 spiro atoms. The molecule has 0 heterocycles.